The molecule has 0 radical (unpaired) electrons. The first-order valence-electron chi connectivity index (χ1n) is 3.30. The largest absolute Gasteiger partial charge is 0.293 e. The van der Waals surface area contributed by atoms with Crippen LogP contribution in [0.4, 0.5) is 4.39 Å². The highest BCUT2D eigenvalue weighted by Gasteiger charge is 2.15. The Morgan fingerprint density at radius 3 is 2.69 bits per heavy atom. The Bertz CT molecular complexity index is 354. The number of carbonyl (C=O) groups excluding carboxylic acids is 1. The van der Waals surface area contributed by atoms with E-state index >= 15 is 0 Å². The van der Waals surface area contributed by atoms with Gasteiger partial charge in [-0.1, -0.05) is 11.6 Å². The van der Waals surface area contributed by atoms with Gasteiger partial charge >= 0.3 is 0 Å². The SMILES string of the molecule is O=C(CCl)c1ccc(Br)c(Cl)c1F. The molecule has 0 saturated carbocycles. The van der Waals surface area contributed by atoms with Gasteiger partial charge in [-0.15, -0.1) is 11.6 Å². The van der Waals surface area contributed by atoms with Crippen molar-refractivity contribution in [1.82, 2.24) is 0 Å². The second-order valence-electron chi connectivity index (χ2n) is 2.28. The van der Waals surface area contributed by atoms with E-state index in [1.54, 1.807) is 0 Å². The summed E-state index contributed by atoms with van der Waals surface area (Å²) in [6, 6.07) is 2.85. The van der Waals surface area contributed by atoms with Gasteiger partial charge in [0.15, 0.2) is 11.6 Å². The summed E-state index contributed by atoms with van der Waals surface area (Å²) >= 11 is 13.9. The van der Waals surface area contributed by atoms with E-state index in [4.69, 9.17) is 23.2 Å². The molecule has 0 unspecified atom stereocenters. The third-order valence-electron chi connectivity index (χ3n) is 1.46. The molecule has 0 spiro atoms. The molecule has 0 bridgehead atoms. The topological polar surface area (TPSA) is 17.1 Å². The van der Waals surface area contributed by atoms with Crippen molar-refractivity contribution in [2.75, 3.05) is 5.88 Å². The zero-order valence-corrected chi connectivity index (χ0v) is 9.38. The summed E-state index contributed by atoms with van der Waals surface area (Å²) in [6.07, 6.45) is 0. The van der Waals surface area contributed by atoms with Crippen molar-refractivity contribution in [1.29, 1.82) is 0 Å². The number of alkyl halides is 1. The molecule has 0 amide bonds. The van der Waals surface area contributed by atoms with Crippen LogP contribution in [0.3, 0.4) is 0 Å². The van der Waals surface area contributed by atoms with Crippen LogP contribution in [0, 0.1) is 5.82 Å². The fourth-order valence-electron chi connectivity index (χ4n) is 0.813. The Hall–Kier alpha value is -0.120. The van der Waals surface area contributed by atoms with E-state index in [-0.39, 0.29) is 16.5 Å². The molecule has 13 heavy (non-hydrogen) atoms. The molecule has 0 aromatic heterocycles. The summed E-state index contributed by atoms with van der Waals surface area (Å²) in [5, 5.41) is -0.101. The number of rotatable bonds is 2. The van der Waals surface area contributed by atoms with Gasteiger partial charge in [0.05, 0.1) is 16.5 Å². The quantitative estimate of drug-likeness (QED) is 0.460. The van der Waals surface area contributed by atoms with E-state index in [1.807, 2.05) is 0 Å². The molecule has 0 aliphatic rings. The molecule has 0 atom stereocenters. The van der Waals surface area contributed by atoms with Gasteiger partial charge in [-0.3, -0.25) is 4.79 Å². The molecular formula is C8H4BrCl2FO. The van der Waals surface area contributed by atoms with Crippen LogP contribution in [0.15, 0.2) is 16.6 Å². The van der Waals surface area contributed by atoms with Crippen molar-refractivity contribution in [3.05, 3.63) is 33.0 Å². The molecule has 0 aliphatic carbocycles. The van der Waals surface area contributed by atoms with E-state index in [1.165, 1.54) is 12.1 Å². The Morgan fingerprint density at radius 1 is 1.54 bits per heavy atom. The fourth-order valence-corrected chi connectivity index (χ4v) is 1.43. The minimum absolute atomic E-state index is 0.0804. The van der Waals surface area contributed by atoms with Crippen molar-refractivity contribution < 1.29 is 9.18 Å². The lowest BCUT2D eigenvalue weighted by atomic mass is 10.1. The zero-order valence-electron chi connectivity index (χ0n) is 6.28. The lowest BCUT2D eigenvalue weighted by molar-refractivity contribution is 0.101. The summed E-state index contributed by atoms with van der Waals surface area (Å²) in [4.78, 5) is 11.1. The first-order chi connectivity index (χ1) is 6.07. The van der Waals surface area contributed by atoms with Crippen LogP contribution in [0.25, 0.3) is 0 Å². The summed E-state index contributed by atoms with van der Waals surface area (Å²) in [7, 11) is 0. The molecule has 1 aromatic rings. The summed E-state index contributed by atoms with van der Waals surface area (Å²) < 4.78 is 13.7. The molecule has 0 N–H and O–H groups in total. The second kappa shape index (κ2) is 4.40. The maximum Gasteiger partial charge on any atom is 0.180 e. The van der Waals surface area contributed by atoms with E-state index in [2.05, 4.69) is 15.9 Å². The Balaban J connectivity index is 3.26. The summed E-state index contributed by atoms with van der Waals surface area (Å²) in [6.45, 7) is 0. The number of hydrogen-bond acceptors (Lipinski definition) is 1. The van der Waals surface area contributed by atoms with Gasteiger partial charge < -0.3 is 0 Å². The number of hydrogen-bond donors (Lipinski definition) is 0. The van der Waals surface area contributed by atoms with E-state index < -0.39 is 11.6 Å². The Kier molecular flexibility index (Phi) is 3.71. The van der Waals surface area contributed by atoms with Crippen LogP contribution < -0.4 is 0 Å². The predicted molar refractivity (Wildman–Crippen MR) is 54.2 cm³/mol. The van der Waals surface area contributed by atoms with Crippen LogP contribution in [0.5, 0.6) is 0 Å². The average molecular weight is 286 g/mol. The van der Waals surface area contributed by atoms with Gasteiger partial charge in [0.25, 0.3) is 0 Å². The number of ketones is 1. The number of halogens is 4. The van der Waals surface area contributed by atoms with Gasteiger partial charge in [-0.25, -0.2) is 4.39 Å². The normalized spacial score (nSPS) is 10.2. The van der Waals surface area contributed by atoms with Gasteiger partial charge in [0.2, 0.25) is 0 Å². The van der Waals surface area contributed by atoms with Gasteiger partial charge in [0.1, 0.15) is 0 Å². The maximum absolute atomic E-state index is 13.3. The van der Waals surface area contributed by atoms with Crippen LogP contribution in [0.1, 0.15) is 10.4 Å². The van der Waals surface area contributed by atoms with E-state index in [0.717, 1.165) is 0 Å². The van der Waals surface area contributed by atoms with Crippen molar-refractivity contribution >= 4 is 44.9 Å². The van der Waals surface area contributed by atoms with Crippen molar-refractivity contribution in [2.45, 2.75) is 0 Å². The van der Waals surface area contributed by atoms with Crippen LogP contribution in [0.2, 0.25) is 5.02 Å². The first kappa shape index (κ1) is 11.0. The maximum atomic E-state index is 13.3. The Labute approximate surface area is 93.0 Å². The number of carbonyl (C=O) groups is 1. The van der Waals surface area contributed by atoms with E-state index in [9.17, 15) is 9.18 Å². The molecule has 0 fully saturated rings. The van der Waals surface area contributed by atoms with Gasteiger partial charge in [-0.05, 0) is 28.1 Å². The zero-order chi connectivity index (χ0) is 10.0. The van der Waals surface area contributed by atoms with Crippen LogP contribution >= 0.6 is 39.1 Å². The Morgan fingerprint density at radius 2 is 2.15 bits per heavy atom. The predicted octanol–water partition coefficient (Wildman–Crippen LogP) is 3.66. The van der Waals surface area contributed by atoms with Gasteiger partial charge in [0, 0.05) is 4.47 Å². The second-order valence-corrected chi connectivity index (χ2v) is 3.78. The minimum atomic E-state index is -0.735. The molecule has 1 rings (SSSR count). The van der Waals surface area contributed by atoms with Crippen LogP contribution in [-0.2, 0) is 0 Å². The molecule has 0 saturated heterocycles. The molecule has 1 nitrogen and oxygen atoms in total. The number of benzene rings is 1. The van der Waals surface area contributed by atoms with Gasteiger partial charge in [-0.2, -0.15) is 0 Å². The molecule has 5 heteroatoms. The highest BCUT2D eigenvalue weighted by molar-refractivity contribution is 9.10. The molecule has 0 aliphatic heterocycles. The first-order valence-corrected chi connectivity index (χ1v) is 5.01. The third-order valence-corrected chi connectivity index (χ3v) is 2.96. The van der Waals surface area contributed by atoms with Crippen molar-refractivity contribution in [3.8, 4) is 0 Å². The number of Topliss-reactive ketones (excluding diaryl/α,β-unsaturated/α-hetero) is 1. The lowest BCUT2D eigenvalue weighted by Crippen LogP contribution is -2.04. The van der Waals surface area contributed by atoms with Crippen molar-refractivity contribution in [3.63, 3.8) is 0 Å². The standard InChI is InChI=1S/C8H4BrCl2FO/c9-5-2-1-4(6(13)3-10)8(12)7(5)11/h1-2H,3H2. The average Bonchev–Trinajstić information content (AvgIpc) is 2.13. The van der Waals surface area contributed by atoms with Crippen molar-refractivity contribution in [2.24, 2.45) is 0 Å². The smallest absolute Gasteiger partial charge is 0.180 e. The lowest BCUT2D eigenvalue weighted by Gasteiger charge is -2.02. The minimum Gasteiger partial charge on any atom is -0.293 e. The highest BCUT2D eigenvalue weighted by atomic mass is 79.9. The highest BCUT2D eigenvalue weighted by Crippen LogP contribution is 2.27. The monoisotopic (exact) mass is 284 g/mol. The molecule has 1 aromatic carbocycles. The molecule has 70 valence electrons. The fraction of sp³-hybridized carbons (Fsp3) is 0.125. The summed E-state index contributed by atoms with van der Waals surface area (Å²) in [5.41, 5.74) is -0.0804. The van der Waals surface area contributed by atoms with E-state index in [0.29, 0.717) is 4.47 Å². The molecule has 0 heterocycles. The van der Waals surface area contributed by atoms with Crippen LogP contribution in [-0.4, -0.2) is 11.7 Å². The molecular weight excluding hydrogens is 282 g/mol. The summed E-state index contributed by atoms with van der Waals surface area (Å²) in [5.74, 6) is -1.47. The third kappa shape index (κ3) is 2.22.